The van der Waals surface area contributed by atoms with Crippen molar-refractivity contribution in [1.82, 2.24) is 19.8 Å². The summed E-state index contributed by atoms with van der Waals surface area (Å²) in [6, 6.07) is 2.03. The molecule has 1 amide bonds. The molecule has 2 aliphatic rings. The average molecular weight is 650 g/mol. The number of halogens is 3. The molecule has 34 heavy (non-hydrogen) atoms. The van der Waals surface area contributed by atoms with Gasteiger partial charge in [-0.25, -0.2) is 9.18 Å². The summed E-state index contributed by atoms with van der Waals surface area (Å²) in [6.07, 6.45) is 1.23. The van der Waals surface area contributed by atoms with E-state index in [4.69, 9.17) is 9.72 Å². The second-order valence-electron chi connectivity index (χ2n) is 10.1. The van der Waals surface area contributed by atoms with Crippen LogP contribution in [0.2, 0.25) is 0 Å². The maximum absolute atomic E-state index is 15.3. The van der Waals surface area contributed by atoms with Crippen molar-refractivity contribution >= 4 is 61.3 Å². The predicted octanol–water partition coefficient (Wildman–Crippen LogP) is 4.82. The minimum Gasteiger partial charge on any atom is -0.465 e. The highest BCUT2D eigenvalue weighted by Crippen LogP contribution is 2.37. The Hall–Kier alpha value is -1.47. The largest absolute Gasteiger partial charge is 0.465 e. The number of fused-ring (bicyclic) bond motifs is 1. The van der Waals surface area contributed by atoms with Crippen LogP contribution in [-0.4, -0.2) is 82.9 Å². The van der Waals surface area contributed by atoms with Crippen LogP contribution in [0.3, 0.4) is 0 Å². The molecule has 4 rings (SSSR count). The molecule has 0 saturated carbocycles. The average Bonchev–Trinajstić information content (AvgIpc) is 3.19. The summed E-state index contributed by atoms with van der Waals surface area (Å²) >= 11 is 5.41. The van der Waals surface area contributed by atoms with Crippen LogP contribution in [0.15, 0.2) is 10.5 Å². The molecule has 1 aromatic heterocycles. The SMILES string of the molecule is CN1CCC[C@H]1COc1nc(N2CCN(C(=O)O)C(C(C)(C)C)C2)c2cc(I)c(Br)c(F)c2n1. The number of carboxylic acid groups (broad SMARTS) is 1. The van der Waals surface area contributed by atoms with Gasteiger partial charge in [-0.05, 0) is 76.4 Å². The van der Waals surface area contributed by atoms with E-state index in [1.54, 1.807) is 0 Å². The van der Waals surface area contributed by atoms with Crippen molar-refractivity contribution in [3.8, 4) is 6.01 Å². The molecule has 1 unspecified atom stereocenters. The minimum absolute atomic E-state index is 0.141. The zero-order chi connectivity index (χ0) is 24.8. The van der Waals surface area contributed by atoms with Gasteiger partial charge in [0, 0.05) is 34.6 Å². The van der Waals surface area contributed by atoms with Crippen LogP contribution >= 0.6 is 38.5 Å². The smallest absolute Gasteiger partial charge is 0.407 e. The maximum atomic E-state index is 15.3. The fourth-order valence-corrected chi connectivity index (χ4v) is 5.60. The second-order valence-corrected chi connectivity index (χ2v) is 12.1. The van der Waals surface area contributed by atoms with Crippen molar-refractivity contribution in [2.45, 2.75) is 45.7 Å². The Kier molecular flexibility index (Phi) is 7.45. The first-order valence-electron chi connectivity index (χ1n) is 11.4. The molecule has 0 aliphatic carbocycles. The summed E-state index contributed by atoms with van der Waals surface area (Å²) in [5.74, 6) is 0.119. The zero-order valence-electron chi connectivity index (χ0n) is 19.8. The van der Waals surface area contributed by atoms with Gasteiger partial charge >= 0.3 is 12.1 Å². The van der Waals surface area contributed by atoms with Gasteiger partial charge < -0.3 is 24.5 Å². The third-order valence-corrected chi connectivity index (χ3v) is 9.16. The van der Waals surface area contributed by atoms with Crippen molar-refractivity contribution in [3.63, 3.8) is 0 Å². The number of hydrogen-bond donors (Lipinski definition) is 1. The number of benzene rings is 1. The highest BCUT2D eigenvalue weighted by Gasteiger charge is 2.39. The van der Waals surface area contributed by atoms with E-state index in [1.807, 2.05) is 31.7 Å². The van der Waals surface area contributed by atoms with Crippen LogP contribution in [0.4, 0.5) is 15.0 Å². The lowest BCUT2D eigenvalue weighted by molar-refractivity contribution is 0.0747. The van der Waals surface area contributed by atoms with Gasteiger partial charge in [-0.2, -0.15) is 9.97 Å². The number of anilines is 1. The van der Waals surface area contributed by atoms with E-state index in [9.17, 15) is 9.90 Å². The van der Waals surface area contributed by atoms with Crippen LogP contribution in [0.25, 0.3) is 10.9 Å². The molecule has 0 bridgehead atoms. The van der Waals surface area contributed by atoms with Crippen molar-refractivity contribution in [2.24, 2.45) is 5.41 Å². The Balaban J connectivity index is 1.74. The van der Waals surface area contributed by atoms with Crippen LogP contribution < -0.4 is 9.64 Å². The van der Waals surface area contributed by atoms with Crippen molar-refractivity contribution in [2.75, 3.05) is 44.7 Å². The predicted molar refractivity (Wildman–Crippen MR) is 141 cm³/mol. The van der Waals surface area contributed by atoms with E-state index < -0.39 is 11.9 Å². The van der Waals surface area contributed by atoms with E-state index in [2.05, 4.69) is 55.5 Å². The van der Waals surface area contributed by atoms with Gasteiger partial charge in [-0.15, -0.1) is 0 Å². The molecule has 1 N–H and O–H groups in total. The van der Waals surface area contributed by atoms with E-state index in [1.165, 1.54) is 4.90 Å². The molecule has 11 heteroatoms. The lowest BCUT2D eigenvalue weighted by atomic mass is 9.84. The molecule has 0 radical (unpaired) electrons. The molecule has 1 aromatic carbocycles. The third kappa shape index (κ3) is 5.06. The maximum Gasteiger partial charge on any atom is 0.407 e. The fourth-order valence-electron chi connectivity index (χ4n) is 4.75. The van der Waals surface area contributed by atoms with Crippen LogP contribution in [0.1, 0.15) is 33.6 Å². The molecule has 0 spiro atoms. The summed E-state index contributed by atoms with van der Waals surface area (Å²) in [6.45, 7) is 8.78. The third-order valence-electron chi connectivity index (χ3n) is 6.79. The number of aromatic nitrogens is 2. The first kappa shape index (κ1) is 25.6. The van der Waals surface area contributed by atoms with Crippen LogP contribution in [0.5, 0.6) is 6.01 Å². The van der Waals surface area contributed by atoms with Gasteiger partial charge in [-0.1, -0.05) is 20.8 Å². The quantitative estimate of drug-likeness (QED) is 0.376. The highest BCUT2D eigenvalue weighted by atomic mass is 127. The molecule has 2 aromatic rings. The first-order chi connectivity index (χ1) is 16.0. The Morgan fingerprint density at radius 3 is 2.68 bits per heavy atom. The number of hydrogen-bond acceptors (Lipinski definition) is 6. The van der Waals surface area contributed by atoms with E-state index in [0.29, 0.717) is 45.5 Å². The summed E-state index contributed by atoms with van der Waals surface area (Å²) < 4.78 is 22.4. The zero-order valence-corrected chi connectivity index (χ0v) is 23.6. The molecule has 2 saturated heterocycles. The van der Waals surface area contributed by atoms with Gasteiger partial charge in [0.05, 0.1) is 10.5 Å². The van der Waals surface area contributed by atoms with Gasteiger partial charge in [-0.3, -0.25) is 0 Å². The fraction of sp³-hybridized carbons (Fsp3) is 0.609. The van der Waals surface area contributed by atoms with Gasteiger partial charge in [0.25, 0.3) is 0 Å². The lowest BCUT2D eigenvalue weighted by Gasteiger charge is -2.46. The number of rotatable bonds is 4. The number of ether oxygens (including phenoxy) is 1. The Bertz CT molecular complexity index is 1100. The number of nitrogens with zero attached hydrogens (tertiary/aromatic N) is 5. The van der Waals surface area contributed by atoms with Crippen LogP contribution in [-0.2, 0) is 0 Å². The molecular formula is C23H30BrFIN5O3. The Labute approximate surface area is 221 Å². The van der Waals surface area contributed by atoms with Gasteiger partial charge in [0.2, 0.25) is 0 Å². The van der Waals surface area contributed by atoms with Gasteiger partial charge in [0.15, 0.2) is 5.82 Å². The number of amides is 1. The summed E-state index contributed by atoms with van der Waals surface area (Å²) in [5.41, 5.74) is -0.0883. The van der Waals surface area contributed by atoms with Crippen molar-refractivity contribution in [3.05, 3.63) is 19.9 Å². The van der Waals surface area contributed by atoms with Crippen molar-refractivity contribution < 1.29 is 19.0 Å². The number of carbonyl (C=O) groups is 1. The molecule has 186 valence electrons. The second kappa shape index (κ2) is 9.88. The highest BCUT2D eigenvalue weighted by molar-refractivity contribution is 14.1. The molecule has 2 fully saturated rings. The number of likely N-dealkylation sites (N-methyl/N-ethyl adjacent to an activating group) is 1. The molecule has 2 aliphatic heterocycles. The summed E-state index contributed by atoms with van der Waals surface area (Å²) in [4.78, 5) is 26.8. The lowest BCUT2D eigenvalue weighted by Crippen LogP contribution is -2.59. The normalized spacial score (nSPS) is 22.0. The van der Waals surface area contributed by atoms with E-state index in [-0.39, 0.29) is 29.0 Å². The number of piperazine rings is 1. The molecule has 3 heterocycles. The summed E-state index contributed by atoms with van der Waals surface area (Å²) in [7, 11) is 2.07. The van der Waals surface area contributed by atoms with Crippen LogP contribution in [0, 0.1) is 14.8 Å². The number of likely N-dealkylation sites (tertiary alicyclic amines) is 1. The Morgan fingerprint density at radius 1 is 1.32 bits per heavy atom. The monoisotopic (exact) mass is 649 g/mol. The molecule has 2 atom stereocenters. The van der Waals surface area contributed by atoms with Crippen molar-refractivity contribution in [1.29, 1.82) is 0 Å². The standard InChI is InChI=1S/C23H30BrFIN5O3/c1-23(2,3)16-11-30(8-9-31(16)22(32)33)20-14-10-15(26)17(24)18(25)19(14)27-21(28-20)34-12-13-6-5-7-29(13)4/h10,13,16H,5-9,11-12H2,1-4H3,(H,32,33)/t13-,16?/m0/s1. The topological polar surface area (TPSA) is 82.0 Å². The molecular weight excluding hydrogens is 620 g/mol. The Morgan fingerprint density at radius 2 is 2.06 bits per heavy atom. The minimum atomic E-state index is -0.929. The van der Waals surface area contributed by atoms with E-state index >= 15 is 4.39 Å². The van der Waals surface area contributed by atoms with Gasteiger partial charge in [0.1, 0.15) is 17.9 Å². The molecule has 8 nitrogen and oxygen atoms in total. The first-order valence-corrected chi connectivity index (χ1v) is 13.3. The summed E-state index contributed by atoms with van der Waals surface area (Å²) in [5, 5.41) is 10.3. The van der Waals surface area contributed by atoms with E-state index in [0.717, 1.165) is 19.4 Å².